The van der Waals surface area contributed by atoms with Gasteiger partial charge in [0, 0.05) is 4.47 Å². The van der Waals surface area contributed by atoms with Gasteiger partial charge in [-0.05, 0) is 18.2 Å². The fourth-order valence-corrected chi connectivity index (χ4v) is 2.65. The molecule has 0 saturated carbocycles. The molecule has 94 valence electrons. The molecule has 0 spiro atoms. The second-order valence-corrected chi connectivity index (χ2v) is 6.35. The van der Waals surface area contributed by atoms with Gasteiger partial charge in [-0.3, -0.25) is 9.52 Å². The Morgan fingerprint density at radius 1 is 1.47 bits per heavy atom. The van der Waals surface area contributed by atoms with Crippen LogP contribution in [0.4, 0.5) is 5.69 Å². The molecule has 0 aliphatic heterocycles. The van der Waals surface area contributed by atoms with Crippen molar-refractivity contribution >= 4 is 49.2 Å². The fraction of sp³-hybridized carbons (Fsp3) is 0.222. The van der Waals surface area contributed by atoms with Gasteiger partial charge in [-0.25, -0.2) is 8.42 Å². The summed E-state index contributed by atoms with van der Waals surface area (Å²) >= 11 is 8.98. The van der Waals surface area contributed by atoms with Gasteiger partial charge in [-0.1, -0.05) is 27.5 Å². The number of aliphatic carboxylic acids is 1. The molecular weight excluding hydrogens is 334 g/mol. The second-order valence-electron chi connectivity index (χ2n) is 3.19. The highest BCUT2D eigenvalue weighted by Gasteiger charge is 2.14. The van der Waals surface area contributed by atoms with Crippen LogP contribution < -0.4 is 4.72 Å². The van der Waals surface area contributed by atoms with Crippen LogP contribution in [0.3, 0.4) is 0 Å². The van der Waals surface area contributed by atoms with Crippen LogP contribution in [-0.2, 0) is 14.8 Å². The number of benzene rings is 1. The molecule has 0 aliphatic carbocycles. The first-order valence-corrected chi connectivity index (χ1v) is 7.30. The number of hydrogen-bond donors (Lipinski definition) is 2. The lowest BCUT2D eigenvalue weighted by molar-refractivity contribution is -0.136. The Balaban J connectivity index is 2.83. The molecule has 0 radical (unpaired) electrons. The molecule has 0 aromatic heterocycles. The van der Waals surface area contributed by atoms with Crippen molar-refractivity contribution in [2.75, 3.05) is 10.5 Å². The Morgan fingerprint density at radius 3 is 2.71 bits per heavy atom. The van der Waals surface area contributed by atoms with E-state index in [0.717, 1.165) is 0 Å². The number of anilines is 1. The molecule has 17 heavy (non-hydrogen) atoms. The van der Waals surface area contributed by atoms with Crippen LogP contribution in [0.25, 0.3) is 0 Å². The van der Waals surface area contributed by atoms with E-state index in [2.05, 4.69) is 20.7 Å². The third-order valence-corrected chi connectivity index (χ3v) is 3.87. The third-order valence-electron chi connectivity index (χ3n) is 1.78. The van der Waals surface area contributed by atoms with Crippen molar-refractivity contribution in [3.63, 3.8) is 0 Å². The zero-order chi connectivity index (χ0) is 13.1. The van der Waals surface area contributed by atoms with E-state index in [-0.39, 0.29) is 10.7 Å². The molecular formula is C9H9BrClNO4S. The zero-order valence-corrected chi connectivity index (χ0v) is 11.6. The number of nitrogens with one attached hydrogen (secondary N) is 1. The molecule has 2 N–H and O–H groups in total. The van der Waals surface area contributed by atoms with E-state index in [1.165, 1.54) is 12.1 Å². The van der Waals surface area contributed by atoms with Gasteiger partial charge in [-0.2, -0.15) is 0 Å². The monoisotopic (exact) mass is 341 g/mol. The molecule has 0 unspecified atom stereocenters. The molecule has 1 aromatic carbocycles. The molecule has 0 saturated heterocycles. The summed E-state index contributed by atoms with van der Waals surface area (Å²) in [5.41, 5.74) is 0.214. The van der Waals surface area contributed by atoms with Crippen LogP contribution in [0.2, 0.25) is 5.02 Å². The van der Waals surface area contributed by atoms with Crippen LogP contribution in [0.15, 0.2) is 22.7 Å². The highest BCUT2D eigenvalue weighted by atomic mass is 79.9. The van der Waals surface area contributed by atoms with E-state index >= 15 is 0 Å². The van der Waals surface area contributed by atoms with Crippen molar-refractivity contribution in [1.29, 1.82) is 0 Å². The van der Waals surface area contributed by atoms with Crippen LogP contribution in [0.1, 0.15) is 6.42 Å². The molecule has 0 fully saturated rings. The SMILES string of the molecule is O=C(O)CCS(=O)(=O)Nc1cc(Br)ccc1Cl. The zero-order valence-electron chi connectivity index (χ0n) is 8.48. The van der Waals surface area contributed by atoms with Crippen LogP contribution >= 0.6 is 27.5 Å². The first-order valence-electron chi connectivity index (χ1n) is 4.47. The summed E-state index contributed by atoms with van der Waals surface area (Å²) in [6, 6.07) is 4.69. The molecule has 5 nitrogen and oxygen atoms in total. The summed E-state index contributed by atoms with van der Waals surface area (Å²) in [4.78, 5) is 10.3. The average molecular weight is 343 g/mol. The topological polar surface area (TPSA) is 83.5 Å². The standard InChI is InChI=1S/C9H9BrClNO4S/c10-6-1-2-7(11)8(5-6)12-17(15,16)4-3-9(13)14/h1-2,5,12H,3-4H2,(H,13,14). The predicted octanol–water partition coefficient (Wildman–Crippen LogP) is 2.32. The van der Waals surface area contributed by atoms with Gasteiger partial charge in [0.25, 0.3) is 0 Å². The number of carboxylic acids is 1. The van der Waals surface area contributed by atoms with Gasteiger partial charge in [0.15, 0.2) is 0 Å². The molecule has 0 atom stereocenters. The van der Waals surface area contributed by atoms with E-state index in [0.29, 0.717) is 4.47 Å². The Labute approximate surface area is 112 Å². The normalized spacial score (nSPS) is 11.2. The quantitative estimate of drug-likeness (QED) is 0.860. The van der Waals surface area contributed by atoms with E-state index in [9.17, 15) is 13.2 Å². The maximum atomic E-state index is 11.5. The largest absolute Gasteiger partial charge is 0.481 e. The summed E-state index contributed by atoms with van der Waals surface area (Å²) in [6.45, 7) is 0. The van der Waals surface area contributed by atoms with Crippen molar-refractivity contribution in [2.24, 2.45) is 0 Å². The van der Waals surface area contributed by atoms with Gasteiger partial charge < -0.3 is 5.11 Å². The highest BCUT2D eigenvalue weighted by molar-refractivity contribution is 9.10. The number of carboxylic acid groups (broad SMARTS) is 1. The summed E-state index contributed by atoms with van der Waals surface area (Å²) in [5.74, 6) is -1.67. The fourth-order valence-electron chi connectivity index (χ4n) is 1.02. The summed E-state index contributed by atoms with van der Waals surface area (Å²) in [6.07, 6.45) is -0.457. The van der Waals surface area contributed by atoms with Crippen molar-refractivity contribution in [3.05, 3.63) is 27.7 Å². The Kier molecular flexibility index (Phi) is 4.79. The van der Waals surface area contributed by atoms with Crippen LogP contribution in [0.5, 0.6) is 0 Å². The minimum Gasteiger partial charge on any atom is -0.481 e. The van der Waals surface area contributed by atoms with Crippen LogP contribution in [-0.4, -0.2) is 25.2 Å². The molecule has 8 heteroatoms. The van der Waals surface area contributed by atoms with Crippen molar-refractivity contribution in [3.8, 4) is 0 Å². The third kappa shape index (κ3) is 4.93. The molecule has 0 amide bonds. The van der Waals surface area contributed by atoms with Gasteiger partial charge >= 0.3 is 5.97 Å². The minimum absolute atomic E-state index is 0.214. The Bertz CT molecular complexity index is 532. The minimum atomic E-state index is -3.71. The molecule has 1 rings (SSSR count). The Morgan fingerprint density at radius 2 is 2.12 bits per heavy atom. The van der Waals surface area contributed by atoms with Crippen LogP contribution in [0, 0.1) is 0 Å². The number of rotatable bonds is 5. The molecule has 0 aliphatic rings. The van der Waals surface area contributed by atoms with Gasteiger partial charge in [-0.15, -0.1) is 0 Å². The maximum Gasteiger partial charge on any atom is 0.304 e. The smallest absolute Gasteiger partial charge is 0.304 e. The number of hydrogen-bond acceptors (Lipinski definition) is 3. The number of halogens is 2. The number of sulfonamides is 1. The van der Waals surface area contributed by atoms with Crippen molar-refractivity contribution in [2.45, 2.75) is 6.42 Å². The lowest BCUT2D eigenvalue weighted by Gasteiger charge is -2.08. The Hall–Kier alpha value is -0.790. The van der Waals surface area contributed by atoms with E-state index in [1.807, 2.05) is 0 Å². The number of carbonyl (C=O) groups is 1. The summed E-state index contributed by atoms with van der Waals surface area (Å²) in [7, 11) is -3.71. The highest BCUT2D eigenvalue weighted by Crippen LogP contribution is 2.26. The van der Waals surface area contributed by atoms with Crippen molar-refractivity contribution in [1.82, 2.24) is 0 Å². The van der Waals surface area contributed by atoms with Crippen molar-refractivity contribution < 1.29 is 18.3 Å². The molecule has 0 bridgehead atoms. The van der Waals surface area contributed by atoms with Gasteiger partial charge in [0.1, 0.15) is 0 Å². The van der Waals surface area contributed by atoms with Gasteiger partial charge in [0.2, 0.25) is 10.0 Å². The summed E-state index contributed by atoms with van der Waals surface area (Å²) < 4.78 is 25.9. The van der Waals surface area contributed by atoms with E-state index < -0.39 is 28.2 Å². The van der Waals surface area contributed by atoms with E-state index in [4.69, 9.17) is 16.7 Å². The first-order chi connectivity index (χ1) is 7.80. The lowest BCUT2D eigenvalue weighted by atomic mass is 10.3. The maximum absolute atomic E-state index is 11.5. The molecule has 0 heterocycles. The first kappa shape index (κ1) is 14.3. The molecule has 1 aromatic rings. The lowest BCUT2D eigenvalue weighted by Crippen LogP contribution is -2.19. The van der Waals surface area contributed by atoms with E-state index in [1.54, 1.807) is 6.07 Å². The predicted molar refractivity (Wildman–Crippen MR) is 68.8 cm³/mol. The average Bonchev–Trinajstić information content (AvgIpc) is 2.20. The summed E-state index contributed by atoms with van der Waals surface area (Å²) in [5, 5.41) is 8.66. The second kappa shape index (κ2) is 5.70. The van der Waals surface area contributed by atoms with Gasteiger partial charge in [0.05, 0.1) is 22.9 Å².